The van der Waals surface area contributed by atoms with Gasteiger partial charge in [-0.3, -0.25) is 0 Å². The number of halogens is 7. The summed E-state index contributed by atoms with van der Waals surface area (Å²) in [6.07, 6.45) is -13.9. The normalized spacial score (nSPS) is 12.9. The molecule has 0 bridgehead atoms. The van der Waals surface area contributed by atoms with Gasteiger partial charge in [-0.2, -0.15) is 30.7 Å². The van der Waals surface area contributed by atoms with Crippen LogP contribution in [0, 0.1) is 0 Å². The van der Waals surface area contributed by atoms with E-state index in [4.69, 9.17) is 5.73 Å². The van der Waals surface area contributed by atoms with Crippen LogP contribution in [0.2, 0.25) is 0 Å². The fourth-order valence-corrected chi connectivity index (χ4v) is 0.990. The molecule has 0 saturated carbocycles. The SMILES string of the molecule is Nc1ccc(C(F)(F)F)cc1OC(F)(F)C(F)F. The minimum atomic E-state index is -4.92. The molecule has 0 aromatic heterocycles. The van der Waals surface area contributed by atoms with Gasteiger partial charge in [0.05, 0.1) is 11.3 Å². The maximum atomic E-state index is 12.5. The van der Waals surface area contributed by atoms with Gasteiger partial charge in [0.2, 0.25) is 0 Å². The lowest BCUT2D eigenvalue weighted by atomic mass is 10.2. The van der Waals surface area contributed by atoms with Gasteiger partial charge >= 0.3 is 18.7 Å². The summed E-state index contributed by atoms with van der Waals surface area (Å²) in [4.78, 5) is 0. The summed E-state index contributed by atoms with van der Waals surface area (Å²) in [6.45, 7) is 0. The summed E-state index contributed by atoms with van der Waals surface area (Å²) < 4.78 is 89.0. The third kappa shape index (κ3) is 3.17. The highest BCUT2D eigenvalue weighted by atomic mass is 19.4. The molecule has 9 heteroatoms. The number of nitrogen functional groups attached to an aromatic ring is 1. The third-order valence-corrected chi connectivity index (χ3v) is 1.84. The number of hydrogen-bond acceptors (Lipinski definition) is 2. The van der Waals surface area contributed by atoms with E-state index in [2.05, 4.69) is 4.74 Å². The van der Waals surface area contributed by atoms with E-state index in [-0.39, 0.29) is 6.07 Å². The van der Waals surface area contributed by atoms with Crippen LogP contribution in [0.5, 0.6) is 5.75 Å². The molecule has 0 aliphatic rings. The lowest BCUT2D eigenvalue weighted by molar-refractivity contribution is -0.253. The summed E-state index contributed by atoms with van der Waals surface area (Å²) in [5.41, 5.74) is 3.13. The van der Waals surface area contributed by atoms with Crippen molar-refractivity contribution in [2.45, 2.75) is 18.7 Å². The first-order valence-corrected chi connectivity index (χ1v) is 4.35. The molecule has 0 aliphatic carbocycles. The van der Waals surface area contributed by atoms with Crippen LogP contribution < -0.4 is 10.5 Å². The van der Waals surface area contributed by atoms with Crippen molar-refractivity contribution < 1.29 is 35.5 Å². The van der Waals surface area contributed by atoms with Gasteiger partial charge in [0, 0.05) is 0 Å². The van der Waals surface area contributed by atoms with Crippen LogP contribution in [-0.2, 0) is 6.18 Å². The van der Waals surface area contributed by atoms with Crippen molar-refractivity contribution in [2.24, 2.45) is 0 Å². The quantitative estimate of drug-likeness (QED) is 0.677. The van der Waals surface area contributed by atoms with Crippen LogP contribution in [0.15, 0.2) is 18.2 Å². The zero-order valence-electron chi connectivity index (χ0n) is 8.44. The topological polar surface area (TPSA) is 35.2 Å². The number of ether oxygens (including phenoxy) is 1. The van der Waals surface area contributed by atoms with Gasteiger partial charge in [-0.05, 0) is 18.2 Å². The fraction of sp³-hybridized carbons (Fsp3) is 0.333. The highest BCUT2D eigenvalue weighted by Gasteiger charge is 2.44. The Balaban J connectivity index is 3.10. The zero-order valence-corrected chi connectivity index (χ0v) is 8.44. The Morgan fingerprint density at radius 3 is 2.06 bits per heavy atom. The largest absolute Gasteiger partial charge is 0.461 e. The Labute approximate surface area is 96.1 Å². The van der Waals surface area contributed by atoms with E-state index in [0.717, 1.165) is 0 Å². The molecule has 0 aliphatic heterocycles. The van der Waals surface area contributed by atoms with Gasteiger partial charge in [-0.25, -0.2) is 0 Å². The summed E-state index contributed by atoms with van der Waals surface area (Å²) in [5, 5.41) is 0. The average Bonchev–Trinajstić information content (AvgIpc) is 2.19. The van der Waals surface area contributed by atoms with Crippen molar-refractivity contribution in [3.63, 3.8) is 0 Å². The molecule has 0 heterocycles. The Hall–Kier alpha value is -1.67. The molecule has 0 saturated heterocycles. The van der Waals surface area contributed by atoms with Crippen molar-refractivity contribution >= 4 is 5.69 Å². The van der Waals surface area contributed by atoms with Gasteiger partial charge in [-0.1, -0.05) is 0 Å². The van der Waals surface area contributed by atoms with Crippen LogP contribution in [0.1, 0.15) is 5.56 Å². The van der Waals surface area contributed by atoms with Gasteiger partial charge in [0.25, 0.3) is 0 Å². The molecular weight excluding hydrogens is 271 g/mol. The van der Waals surface area contributed by atoms with Crippen LogP contribution in [0.4, 0.5) is 36.4 Å². The number of benzene rings is 1. The predicted molar refractivity (Wildman–Crippen MR) is 47.4 cm³/mol. The Morgan fingerprint density at radius 2 is 1.61 bits per heavy atom. The molecule has 0 fully saturated rings. The number of hydrogen-bond donors (Lipinski definition) is 1. The third-order valence-electron chi connectivity index (χ3n) is 1.84. The highest BCUT2D eigenvalue weighted by molar-refractivity contribution is 5.54. The van der Waals surface area contributed by atoms with Crippen LogP contribution in [0.3, 0.4) is 0 Å². The van der Waals surface area contributed by atoms with Crippen molar-refractivity contribution in [3.8, 4) is 5.75 Å². The lowest BCUT2D eigenvalue weighted by Crippen LogP contribution is -2.33. The first-order valence-electron chi connectivity index (χ1n) is 4.35. The van der Waals surface area contributed by atoms with E-state index in [9.17, 15) is 30.7 Å². The molecule has 0 amide bonds. The average molecular weight is 277 g/mol. The highest BCUT2D eigenvalue weighted by Crippen LogP contribution is 2.36. The molecule has 2 nitrogen and oxygen atoms in total. The van der Waals surface area contributed by atoms with Crippen molar-refractivity contribution in [1.29, 1.82) is 0 Å². The number of anilines is 1. The molecule has 102 valence electrons. The van der Waals surface area contributed by atoms with E-state index in [1.54, 1.807) is 0 Å². The second-order valence-electron chi connectivity index (χ2n) is 3.21. The molecule has 18 heavy (non-hydrogen) atoms. The van der Waals surface area contributed by atoms with Crippen molar-refractivity contribution in [1.82, 2.24) is 0 Å². The van der Waals surface area contributed by atoms with Gasteiger partial charge in [-0.15, -0.1) is 0 Å². The first kappa shape index (κ1) is 14.4. The van der Waals surface area contributed by atoms with E-state index >= 15 is 0 Å². The van der Waals surface area contributed by atoms with Crippen LogP contribution >= 0.6 is 0 Å². The Morgan fingerprint density at radius 1 is 1.06 bits per heavy atom. The van der Waals surface area contributed by atoms with E-state index < -0.39 is 35.7 Å². The molecule has 0 atom stereocenters. The van der Waals surface area contributed by atoms with E-state index in [1.165, 1.54) is 0 Å². The maximum absolute atomic E-state index is 12.5. The lowest BCUT2D eigenvalue weighted by Gasteiger charge is -2.19. The monoisotopic (exact) mass is 277 g/mol. The predicted octanol–water partition coefficient (Wildman–Crippen LogP) is 3.52. The maximum Gasteiger partial charge on any atom is 0.461 e. The second-order valence-corrected chi connectivity index (χ2v) is 3.21. The number of rotatable bonds is 3. The van der Waals surface area contributed by atoms with Crippen LogP contribution in [-0.4, -0.2) is 12.5 Å². The molecule has 1 rings (SSSR count). The van der Waals surface area contributed by atoms with E-state index in [0.29, 0.717) is 12.1 Å². The summed E-state index contributed by atoms with van der Waals surface area (Å²) in [7, 11) is 0. The summed E-state index contributed by atoms with van der Waals surface area (Å²) in [6, 6.07) is 1.29. The summed E-state index contributed by atoms with van der Waals surface area (Å²) in [5.74, 6) is -1.16. The number of nitrogens with two attached hydrogens (primary N) is 1. The first-order chi connectivity index (χ1) is 8.04. The summed E-state index contributed by atoms with van der Waals surface area (Å²) >= 11 is 0. The second kappa shape index (κ2) is 4.54. The molecule has 0 radical (unpaired) electrons. The van der Waals surface area contributed by atoms with Crippen molar-refractivity contribution in [2.75, 3.05) is 5.73 Å². The Kier molecular flexibility index (Phi) is 3.63. The molecule has 0 unspecified atom stereocenters. The molecule has 2 N–H and O–H groups in total. The minimum absolute atomic E-state index is 0.131. The van der Waals surface area contributed by atoms with E-state index in [1.807, 2.05) is 0 Å². The fourth-order valence-electron chi connectivity index (χ4n) is 0.990. The molecule has 0 spiro atoms. The van der Waals surface area contributed by atoms with Gasteiger partial charge in [0.15, 0.2) is 0 Å². The van der Waals surface area contributed by atoms with Crippen LogP contribution in [0.25, 0.3) is 0 Å². The zero-order chi connectivity index (χ0) is 14.1. The van der Waals surface area contributed by atoms with Gasteiger partial charge in [0.1, 0.15) is 5.75 Å². The Bertz CT molecular complexity index is 429. The minimum Gasteiger partial charge on any atom is -0.426 e. The van der Waals surface area contributed by atoms with Crippen molar-refractivity contribution in [3.05, 3.63) is 23.8 Å². The number of alkyl halides is 7. The molecule has 1 aromatic carbocycles. The molecular formula is C9H6F7NO. The standard InChI is InChI=1S/C9H6F7NO/c10-7(11)9(15,16)18-6-3-4(8(12,13)14)1-2-5(6)17/h1-3,7H,17H2. The van der Waals surface area contributed by atoms with Gasteiger partial charge < -0.3 is 10.5 Å². The molecule has 1 aromatic rings. The smallest absolute Gasteiger partial charge is 0.426 e.